The summed E-state index contributed by atoms with van der Waals surface area (Å²) in [5, 5.41) is 0. The molecule has 2 aromatic heterocycles. The van der Waals surface area contributed by atoms with Gasteiger partial charge in [0.05, 0.1) is 24.3 Å². The summed E-state index contributed by atoms with van der Waals surface area (Å²) in [6.45, 7) is 2.95. The molecular weight excluding hydrogens is 349 g/mol. The van der Waals surface area contributed by atoms with E-state index in [1.165, 1.54) is 19.2 Å². The summed E-state index contributed by atoms with van der Waals surface area (Å²) >= 11 is 0. The van der Waals surface area contributed by atoms with E-state index in [9.17, 15) is 9.18 Å². The third-order valence-corrected chi connectivity index (χ3v) is 4.42. The number of halogens is 1. The van der Waals surface area contributed by atoms with Crippen LogP contribution in [0, 0.1) is 5.82 Å². The number of H-pyrrole nitrogens is 1. The molecule has 4 rings (SSSR count). The molecule has 1 saturated heterocycles. The summed E-state index contributed by atoms with van der Waals surface area (Å²) in [5.74, 6) is 0.917. The average molecular weight is 373 g/mol. The molecule has 0 unspecified atom stereocenters. The van der Waals surface area contributed by atoms with Crippen molar-refractivity contribution in [3.05, 3.63) is 53.7 Å². The van der Waals surface area contributed by atoms with Crippen molar-refractivity contribution in [2.24, 2.45) is 0 Å². The van der Waals surface area contributed by atoms with E-state index in [1.807, 2.05) is 24.3 Å². The fourth-order valence-electron chi connectivity index (χ4n) is 3.03. The molecule has 0 amide bonds. The summed E-state index contributed by atoms with van der Waals surface area (Å²) in [6.07, 6.45) is 2.99. The summed E-state index contributed by atoms with van der Waals surface area (Å²) in [7, 11) is 1.56. The van der Waals surface area contributed by atoms with Crippen molar-refractivity contribution in [1.29, 1.82) is 0 Å². The largest absolute Gasteiger partial charge is 0.481 e. The third-order valence-electron chi connectivity index (χ3n) is 4.42. The van der Waals surface area contributed by atoms with Crippen molar-refractivity contribution in [2.75, 3.05) is 20.3 Å². The summed E-state index contributed by atoms with van der Waals surface area (Å²) in [6, 6.07) is 9.09. The molecule has 1 aliphatic rings. The van der Waals surface area contributed by atoms with Gasteiger partial charge in [0.15, 0.2) is 11.6 Å². The predicted octanol–water partition coefficient (Wildman–Crippen LogP) is 4.13. The minimum Gasteiger partial charge on any atom is -0.481 e. The first-order chi connectivity index (χ1) is 13.1. The van der Waals surface area contributed by atoms with Crippen LogP contribution in [0.5, 0.6) is 5.88 Å². The molecular formula is C20H24FN3O3. The highest BCUT2D eigenvalue weighted by Crippen LogP contribution is 2.32. The van der Waals surface area contributed by atoms with E-state index in [4.69, 9.17) is 9.47 Å². The van der Waals surface area contributed by atoms with Crippen molar-refractivity contribution >= 4 is 16.8 Å². The minimum atomic E-state index is -0.308. The van der Waals surface area contributed by atoms with Crippen LogP contribution in [0.25, 0.3) is 11.0 Å². The predicted molar refractivity (Wildman–Crippen MR) is 102 cm³/mol. The number of rotatable bonds is 3. The van der Waals surface area contributed by atoms with Gasteiger partial charge < -0.3 is 14.5 Å². The summed E-state index contributed by atoms with van der Waals surface area (Å²) in [4.78, 5) is 21.9. The zero-order valence-electron chi connectivity index (χ0n) is 15.4. The standard InChI is InChI=1S/C11H14FNO2.C9H8N2O.H2/c1-14-11-10(6-9(12)7-13-11)8-2-4-15-5-3-8;1-6(12)9-10-7-4-2-3-5-8(7)11-9;/h6-8H,2-5H2,1H3;2-5H,1H3,(H,10,11);1H. The summed E-state index contributed by atoms with van der Waals surface area (Å²) < 4.78 is 23.5. The molecule has 1 N–H and O–H groups in total. The number of aromatic amines is 1. The Kier molecular flexibility index (Phi) is 6.13. The number of hydrogen-bond acceptors (Lipinski definition) is 5. The Hall–Kier alpha value is -2.80. The van der Waals surface area contributed by atoms with Gasteiger partial charge in [-0.15, -0.1) is 0 Å². The van der Waals surface area contributed by atoms with Gasteiger partial charge >= 0.3 is 0 Å². The topological polar surface area (TPSA) is 77.1 Å². The van der Waals surface area contributed by atoms with Crippen LogP contribution in [0.4, 0.5) is 4.39 Å². The van der Waals surface area contributed by atoms with Crippen LogP contribution in [0.15, 0.2) is 36.5 Å². The Balaban J connectivity index is 0.000000198. The second-order valence-corrected chi connectivity index (χ2v) is 6.30. The Labute approximate surface area is 158 Å². The first kappa shape index (κ1) is 19.0. The fraction of sp³-hybridized carbons (Fsp3) is 0.350. The number of pyridine rings is 1. The molecule has 27 heavy (non-hydrogen) atoms. The molecule has 1 fully saturated rings. The van der Waals surface area contributed by atoms with Crippen LogP contribution in [0.2, 0.25) is 0 Å². The first-order valence-corrected chi connectivity index (χ1v) is 8.81. The lowest BCUT2D eigenvalue weighted by Crippen LogP contribution is -2.15. The fourth-order valence-corrected chi connectivity index (χ4v) is 3.03. The van der Waals surface area contributed by atoms with E-state index in [0.29, 0.717) is 17.6 Å². The number of para-hydroxylation sites is 2. The monoisotopic (exact) mass is 373 g/mol. The molecule has 0 bridgehead atoms. The first-order valence-electron chi connectivity index (χ1n) is 8.81. The molecule has 0 atom stereocenters. The van der Waals surface area contributed by atoms with Crippen LogP contribution in [-0.2, 0) is 4.74 Å². The van der Waals surface area contributed by atoms with Crippen LogP contribution in [0.1, 0.15) is 43.3 Å². The molecule has 0 saturated carbocycles. The van der Waals surface area contributed by atoms with Crippen LogP contribution in [-0.4, -0.2) is 41.1 Å². The average Bonchev–Trinajstić information content (AvgIpc) is 3.14. The highest BCUT2D eigenvalue weighted by Gasteiger charge is 2.20. The van der Waals surface area contributed by atoms with E-state index >= 15 is 0 Å². The molecule has 0 radical (unpaired) electrons. The molecule has 144 valence electrons. The minimum absolute atomic E-state index is 0. The van der Waals surface area contributed by atoms with Crippen LogP contribution < -0.4 is 4.74 Å². The van der Waals surface area contributed by atoms with E-state index in [-0.39, 0.29) is 13.0 Å². The molecule has 0 aliphatic carbocycles. The summed E-state index contributed by atoms with van der Waals surface area (Å²) in [5.41, 5.74) is 2.60. The van der Waals surface area contributed by atoms with Gasteiger partial charge in [-0.2, -0.15) is 0 Å². The second kappa shape index (κ2) is 8.73. The molecule has 1 aliphatic heterocycles. The van der Waals surface area contributed by atoms with E-state index in [0.717, 1.165) is 42.7 Å². The molecule has 6 nitrogen and oxygen atoms in total. The number of ketones is 1. The number of aromatic nitrogens is 3. The van der Waals surface area contributed by atoms with Crippen molar-refractivity contribution < 1.29 is 20.1 Å². The lowest BCUT2D eigenvalue weighted by molar-refractivity contribution is 0.0846. The number of imidazole rings is 1. The van der Waals surface area contributed by atoms with Gasteiger partial charge in [-0.1, -0.05) is 12.1 Å². The Morgan fingerprint density at radius 3 is 2.74 bits per heavy atom. The third kappa shape index (κ3) is 4.68. The number of carbonyl (C=O) groups excluding carboxylic acids is 1. The quantitative estimate of drug-likeness (QED) is 0.699. The number of methoxy groups -OCH3 is 1. The van der Waals surface area contributed by atoms with Gasteiger partial charge in [0.2, 0.25) is 5.88 Å². The number of carbonyl (C=O) groups is 1. The van der Waals surface area contributed by atoms with E-state index in [1.54, 1.807) is 7.11 Å². The molecule has 7 heteroatoms. The highest BCUT2D eigenvalue weighted by atomic mass is 19.1. The number of benzene rings is 1. The van der Waals surface area contributed by atoms with Gasteiger partial charge in [0.25, 0.3) is 0 Å². The Morgan fingerprint density at radius 1 is 1.33 bits per heavy atom. The van der Waals surface area contributed by atoms with E-state index in [2.05, 4.69) is 15.0 Å². The van der Waals surface area contributed by atoms with Gasteiger partial charge in [0.1, 0.15) is 5.82 Å². The van der Waals surface area contributed by atoms with Gasteiger partial charge in [-0.05, 0) is 37.0 Å². The van der Waals surface area contributed by atoms with Gasteiger partial charge in [-0.3, -0.25) is 4.79 Å². The Morgan fingerprint density at radius 2 is 2.07 bits per heavy atom. The lowest BCUT2D eigenvalue weighted by Gasteiger charge is -2.23. The molecule has 3 aromatic rings. The number of nitrogens with one attached hydrogen (secondary N) is 1. The van der Waals surface area contributed by atoms with Crippen molar-refractivity contribution in [2.45, 2.75) is 25.7 Å². The number of ether oxygens (including phenoxy) is 2. The van der Waals surface area contributed by atoms with Crippen molar-refractivity contribution in [1.82, 2.24) is 15.0 Å². The molecule has 0 spiro atoms. The molecule has 1 aromatic carbocycles. The zero-order valence-corrected chi connectivity index (χ0v) is 15.4. The maximum atomic E-state index is 13.1. The van der Waals surface area contributed by atoms with Gasteiger partial charge in [-0.25, -0.2) is 14.4 Å². The Bertz CT molecular complexity index is 893. The lowest BCUT2D eigenvalue weighted by atomic mass is 9.92. The number of fused-ring (bicyclic) bond motifs is 1. The number of Topliss-reactive ketones (excluding diaryl/α,β-unsaturated/α-hetero) is 1. The highest BCUT2D eigenvalue weighted by molar-refractivity contribution is 5.93. The smallest absolute Gasteiger partial charge is 0.216 e. The zero-order chi connectivity index (χ0) is 19.2. The van der Waals surface area contributed by atoms with Crippen LogP contribution >= 0.6 is 0 Å². The number of nitrogens with zero attached hydrogens (tertiary/aromatic N) is 2. The SMILES string of the molecule is CC(=O)c1nc2ccccc2[nH]1.COc1ncc(F)cc1C1CCOCC1.[HH]. The van der Waals surface area contributed by atoms with Gasteiger partial charge in [0, 0.05) is 27.1 Å². The maximum absolute atomic E-state index is 13.1. The maximum Gasteiger partial charge on any atom is 0.216 e. The molecule has 3 heterocycles. The normalized spacial score (nSPS) is 14.5. The van der Waals surface area contributed by atoms with E-state index < -0.39 is 0 Å². The van der Waals surface area contributed by atoms with Crippen LogP contribution in [0.3, 0.4) is 0 Å². The van der Waals surface area contributed by atoms with Crippen molar-refractivity contribution in [3.63, 3.8) is 0 Å². The number of hydrogen-bond donors (Lipinski definition) is 1. The van der Waals surface area contributed by atoms with Crippen molar-refractivity contribution in [3.8, 4) is 5.88 Å². The second-order valence-electron chi connectivity index (χ2n) is 6.30.